The molecule has 0 N–H and O–H groups in total. The molecule has 2 aliphatic heterocycles. The predicted molar refractivity (Wildman–Crippen MR) is 111 cm³/mol. The van der Waals surface area contributed by atoms with Crippen molar-refractivity contribution in [3.8, 4) is 18.1 Å². The number of hydrogen-bond acceptors (Lipinski definition) is 5. The number of fused-ring (bicyclic) bond motifs is 1. The number of terminal acetylenes is 1. The quantitative estimate of drug-likeness (QED) is 0.584. The Bertz CT molecular complexity index is 937. The highest BCUT2D eigenvalue weighted by molar-refractivity contribution is 8.18. The van der Waals surface area contributed by atoms with Crippen LogP contribution in [0.4, 0.5) is 10.5 Å². The SMILES string of the molecule is C#CCN1C(=O)S/C(=C/c2cc3c(cc2OC)N(C)C(C)(C)C=C3C)C1=O. The van der Waals surface area contributed by atoms with Gasteiger partial charge in [-0.2, -0.15) is 0 Å². The van der Waals surface area contributed by atoms with Crippen molar-refractivity contribution < 1.29 is 14.3 Å². The van der Waals surface area contributed by atoms with Gasteiger partial charge >= 0.3 is 0 Å². The van der Waals surface area contributed by atoms with E-state index in [0.29, 0.717) is 10.7 Å². The molecule has 3 rings (SSSR count). The lowest BCUT2D eigenvalue weighted by Crippen LogP contribution is -2.42. The van der Waals surface area contributed by atoms with E-state index in [0.717, 1.165) is 39.0 Å². The van der Waals surface area contributed by atoms with Crippen LogP contribution in [0, 0.1) is 12.3 Å². The number of methoxy groups -OCH3 is 1. The summed E-state index contributed by atoms with van der Waals surface area (Å²) in [7, 11) is 3.64. The molecule has 0 atom stereocenters. The number of anilines is 1. The van der Waals surface area contributed by atoms with Gasteiger partial charge in [0.15, 0.2) is 0 Å². The van der Waals surface area contributed by atoms with Gasteiger partial charge in [0.1, 0.15) is 5.75 Å². The molecule has 0 radical (unpaired) electrons. The summed E-state index contributed by atoms with van der Waals surface area (Å²) in [5.74, 6) is 2.62. The minimum Gasteiger partial charge on any atom is -0.496 e. The summed E-state index contributed by atoms with van der Waals surface area (Å²) in [5, 5.41) is -0.348. The molecule has 0 spiro atoms. The Kier molecular flexibility index (Phi) is 4.83. The van der Waals surface area contributed by atoms with Crippen molar-refractivity contribution in [2.75, 3.05) is 25.6 Å². The van der Waals surface area contributed by atoms with Crippen LogP contribution in [0.5, 0.6) is 5.75 Å². The molecular weight excluding hydrogens is 360 g/mol. The van der Waals surface area contributed by atoms with Gasteiger partial charge in [-0.1, -0.05) is 12.0 Å². The van der Waals surface area contributed by atoms with E-state index in [2.05, 4.69) is 37.7 Å². The van der Waals surface area contributed by atoms with Crippen LogP contribution in [0.3, 0.4) is 0 Å². The number of ether oxygens (including phenoxy) is 1. The van der Waals surface area contributed by atoms with Crippen molar-refractivity contribution >= 4 is 40.2 Å². The van der Waals surface area contributed by atoms with Crippen molar-refractivity contribution in [3.05, 3.63) is 34.2 Å². The van der Waals surface area contributed by atoms with Crippen LogP contribution in [0.15, 0.2) is 23.1 Å². The number of carbonyl (C=O) groups excluding carboxylic acids is 2. The maximum atomic E-state index is 12.5. The molecule has 0 bridgehead atoms. The number of hydrogen-bond donors (Lipinski definition) is 0. The van der Waals surface area contributed by atoms with E-state index in [-0.39, 0.29) is 23.2 Å². The maximum absolute atomic E-state index is 12.5. The molecule has 2 heterocycles. The molecule has 1 aromatic rings. The second-order valence-corrected chi connectivity index (χ2v) is 8.12. The summed E-state index contributed by atoms with van der Waals surface area (Å²) >= 11 is 0.897. The highest BCUT2D eigenvalue weighted by Crippen LogP contribution is 2.42. The number of thioether (sulfide) groups is 1. The van der Waals surface area contributed by atoms with E-state index in [1.165, 1.54) is 0 Å². The number of amides is 2. The van der Waals surface area contributed by atoms with Crippen LogP contribution < -0.4 is 9.64 Å². The molecule has 5 nitrogen and oxygen atoms in total. The Morgan fingerprint density at radius 2 is 2.04 bits per heavy atom. The molecule has 140 valence electrons. The van der Waals surface area contributed by atoms with E-state index in [1.807, 2.05) is 19.2 Å². The van der Waals surface area contributed by atoms with E-state index in [1.54, 1.807) is 13.2 Å². The number of imide groups is 1. The third kappa shape index (κ3) is 3.24. The molecule has 0 aromatic heterocycles. The lowest BCUT2D eigenvalue weighted by Gasteiger charge is -2.41. The summed E-state index contributed by atoms with van der Waals surface area (Å²) < 4.78 is 5.57. The fourth-order valence-electron chi connectivity index (χ4n) is 3.35. The fraction of sp³-hybridized carbons (Fsp3) is 0.333. The molecule has 2 aliphatic rings. The molecule has 1 saturated heterocycles. The Morgan fingerprint density at radius 3 is 2.67 bits per heavy atom. The number of nitrogens with zero attached hydrogens (tertiary/aromatic N) is 2. The molecule has 2 amide bonds. The van der Waals surface area contributed by atoms with Gasteiger partial charge in [0.05, 0.1) is 24.1 Å². The fourth-order valence-corrected chi connectivity index (χ4v) is 4.18. The van der Waals surface area contributed by atoms with Gasteiger partial charge in [0, 0.05) is 29.9 Å². The van der Waals surface area contributed by atoms with Gasteiger partial charge in [0.2, 0.25) is 0 Å². The van der Waals surface area contributed by atoms with Gasteiger partial charge in [-0.05, 0) is 50.2 Å². The zero-order chi connectivity index (χ0) is 19.9. The average molecular weight is 382 g/mol. The summed E-state index contributed by atoms with van der Waals surface area (Å²) in [6.07, 6.45) is 9.16. The lowest BCUT2D eigenvalue weighted by atomic mass is 9.88. The molecule has 1 fully saturated rings. The van der Waals surface area contributed by atoms with Crippen LogP contribution in [-0.2, 0) is 4.79 Å². The molecular formula is C21H22N2O3S. The number of allylic oxidation sites excluding steroid dienone is 1. The normalized spacial score (nSPS) is 19.9. The van der Waals surface area contributed by atoms with E-state index in [9.17, 15) is 9.59 Å². The van der Waals surface area contributed by atoms with Gasteiger partial charge in [-0.15, -0.1) is 6.42 Å². The molecule has 6 heteroatoms. The summed E-state index contributed by atoms with van der Waals surface area (Å²) in [6, 6.07) is 3.98. The Hall–Kier alpha value is -2.65. The maximum Gasteiger partial charge on any atom is 0.294 e. The first-order chi connectivity index (χ1) is 12.7. The first kappa shape index (κ1) is 19.1. The van der Waals surface area contributed by atoms with Crippen LogP contribution in [0.1, 0.15) is 31.9 Å². The molecule has 0 saturated carbocycles. The van der Waals surface area contributed by atoms with Crippen molar-refractivity contribution in [3.63, 3.8) is 0 Å². The number of rotatable bonds is 3. The highest BCUT2D eigenvalue weighted by Gasteiger charge is 2.35. The van der Waals surface area contributed by atoms with Crippen molar-refractivity contribution in [2.45, 2.75) is 26.3 Å². The van der Waals surface area contributed by atoms with Crippen LogP contribution in [-0.4, -0.2) is 42.3 Å². The monoisotopic (exact) mass is 382 g/mol. The van der Waals surface area contributed by atoms with Crippen LogP contribution >= 0.6 is 11.8 Å². The third-order valence-corrected chi connectivity index (χ3v) is 5.89. The minimum absolute atomic E-state index is 0.0228. The number of benzene rings is 1. The zero-order valence-electron chi connectivity index (χ0n) is 16.1. The second kappa shape index (κ2) is 6.82. The van der Waals surface area contributed by atoms with E-state index in [4.69, 9.17) is 11.2 Å². The standard InChI is InChI=1S/C21H22N2O3S/c1-7-8-23-19(24)18(27-20(23)25)10-14-9-15-13(2)12-21(3,4)22(5)16(15)11-17(14)26-6/h1,9-12H,8H2,2-6H3/b18-10+. The smallest absolute Gasteiger partial charge is 0.294 e. The van der Waals surface area contributed by atoms with Gasteiger partial charge in [-0.25, -0.2) is 0 Å². The molecule has 0 aliphatic carbocycles. The van der Waals surface area contributed by atoms with Crippen molar-refractivity contribution in [1.82, 2.24) is 4.90 Å². The predicted octanol–water partition coefficient (Wildman–Crippen LogP) is 4.00. The summed E-state index contributed by atoms with van der Waals surface area (Å²) in [5.41, 5.74) is 3.94. The van der Waals surface area contributed by atoms with Gasteiger partial charge < -0.3 is 9.64 Å². The first-order valence-corrected chi connectivity index (χ1v) is 9.35. The summed E-state index contributed by atoms with van der Waals surface area (Å²) in [6.45, 7) is 6.36. The third-order valence-electron chi connectivity index (χ3n) is 4.98. The van der Waals surface area contributed by atoms with Crippen molar-refractivity contribution in [2.24, 2.45) is 0 Å². The van der Waals surface area contributed by atoms with E-state index >= 15 is 0 Å². The van der Waals surface area contributed by atoms with Gasteiger partial charge in [-0.3, -0.25) is 14.5 Å². The highest BCUT2D eigenvalue weighted by atomic mass is 32.2. The van der Waals surface area contributed by atoms with E-state index < -0.39 is 0 Å². The van der Waals surface area contributed by atoms with Crippen molar-refractivity contribution in [1.29, 1.82) is 0 Å². The molecule has 1 aromatic carbocycles. The van der Waals surface area contributed by atoms with Crippen LogP contribution in [0.25, 0.3) is 11.6 Å². The zero-order valence-corrected chi connectivity index (χ0v) is 16.9. The topological polar surface area (TPSA) is 49.9 Å². The Balaban J connectivity index is 2.09. The summed E-state index contributed by atoms with van der Waals surface area (Å²) in [4.78, 5) is 28.1. The largest absolute Gasteiger partial charge is 0.496 e. The second-order valence-electron chi connectivity index (χ2n) is 7.12. The lowest BCUT2D eigenvalue weighted by molar-refractivity contribution is -0.122. The molecule has 0 unspecified atom stereocenters. The Labute approximate surface area is 164 Å². The first-order valence-electron chi connectivity index (χ1n) is 8.54. The molecule has 27 heavy (non-hydrogen) atoms. The number of likely N-dealkylation sites (N-methyl/N-ethyl adjacent to an activating group) is 1. The minimum atomic E-state index is -0.367. The van der Waals surface area contributed by atoms with Crippen LogP contribution in [0.2, 0.25) is 0 Å². The Morgan fingerprint density at radius 1 is 1.33 bits per heavy atom. The average Bonchev–Trinajstić information content (AvgIpc) is 2.87. The number of carbonyl (C=O) groups is 2. The van der Waals surface area contributed by atoms with Gasteiger partial charge in [0.25, 0.3) is 11.1 Å².